The Labute approximate surface area is 54.5 Å². The van der Waals surface area contributed by atoms with Crippen LogP contribution in [0, 0.1) is 0 Å². The molecule has 0 unspecified atom stereocenters. The van der Waals surface area contributed by atoms with Crippen molar-refractivity contribution in [3.8, 4) is 0 Å². The highest BCUT2D eigenvalue weighted by atomic mass is 16.7. The van der Waals surface area contributed by atoms with E-state index in [1.165, 1.54) is 18.4 Å². The molecule has 0 bridgehead atoms. The van der Waals surface area contributed by atoms with Gasteiger partial charge in [-0.25, -0.2) is 0 Å². The molecule has 2 aliphatic rings. The fraction of sp³-hybridized carbons (Fsp3) is 0.714. The summed E-state index contributed by atoms with van der Waals surface area (Å²) in [6.45, 7) is 1.53. The lowest BCUT2D eigenvalue weighted by Crippen LogP contribution is -2.15. The third-order valence-electron chi connectivity index (χ3n) is 1.76. The van der Waals surface area contributed by atoms with Crippen molar-refractivity contribution >= 4 is 0 Å². The summed E-state index contributed by atoms with van der Waals surface area (Å²) in [5.74, 6) is 0. The molecule has 0 aromatic carbocycles. The van der Waals surface area contributed by atoms with Gasteiger partial charge in [-0.3, -0.25) is 0 Å². The largest absolute Gasteiger partial charge is 0.346 e. The van der Waals surface area contributed by atoms with E-state index in [2.05, 4.69) is 6.08 Å². The lowest BCUT2D eigenvalue weighted by molar-refractivity contribution is -0.0160. The number of hydrogen-bond acceptors (Lipinski definition) is 2. The van der Waals surface area contributed by atoms with E-state index in [0.717, 1.165) is 13.2 Å². The van der Waals surface area contributed by atoms with Crippen LogP contribution >= 0.6 is 0 Å². The zero-order valence-corrected chi connectivity index (χ0v) is 5.30. The minimum absolute atomic E-state index is 0.0266. The monoisotopic (exact) mass is 126 g/mol. The van der Waals surface area contributed by atoms with Gasteiger partial charge in [0.25, 0.3) is 0 Å². The Bertz CT molecular complexity index is 134. The predicted octanol–water partition coefficient (Wildman–Crippen LogP) is 1.08. The maximum Gasteiger partial charge on any atom is 0.179 e. The van der Waals surface area contributed by atoms with E-state index < -0.39 is 0 Å². The first kappa shape index (κ1) is 5.45. The Kier molecular flexibility index (Phi) is 1.28. The summed E-state index contributed by atoms with van der Waals surface area (Å²) in [5.41, 5.74) is 1.34. The van der Waals surface area contributed by atoms with Crippen molar-refractivity contribution in [2.45, 2.75) is 19.1 Å². The van der Waals surface area contributed by atoms with Crippen LogP contribution in [-0.4, -0.2) is 19.5 Å². The van der Waals surface area contributed by atoms with Gasteiger partial charge in [-0.15, -0.1) is 0 Å². The second-order valence-corrected chi connectivity index (χ2v) is 2.39. The average molecular weight is 126 g/mol. The maximum atomic E-state index is 5.27. The van der Waals surface area contributed by atoms with E-state index in [1.807, 2.05) is 0 Å². The summed E-state index contributed by atoms with van der Waals surface area (Å²) < 4.78 is 10.5. The van der Waals surface area contributed by atoms with E-state index >= 15 is 0 Å². The Morgan fingerprint density at radius 2 is 2.00 bits per heavy atom. The molecule has 0 radical (unpaired) electrons. The van der Waals surface area contributed by atoms with Crippen LogP contribution in [-0.2, 0) is 9.47 Å². The van der Waals surface area contributed by atoms with E-state index in [4.69, 9.17) is 9.47 Å². The average Bonchev–Trinajstić information content (AvgIpc) is 2.11. The first-order valence-electron chi connectivity index (χ1n) is 3.39. The van der Waals surface area contributed by atoms with Gasteiger partial charge in [-0.1, -0.05) is 6.08 Å². The minimum atomic E-state index is 0.0266. The molecule has 0 atom stereocenters. The molecule has 1 heterocycles. The second kappa shape index (κ2) is 2.12. The standard InChI is InChI=1S/C7H10O2/c1-2-6(3-1)7-8-4-5-9-7/h2,7H,1,3-5H2. The van der Waals surface area contributed by atoms with Gasteiger partial charge in [0.15, 0.2) is 6.29 Å². The summed E-state index contributed by atoms with van der Waals surface area (Å²) in [6, 6.07) is 0. The first-order valence-corrected chi connectivity index (χ1v) is 3.39. The molecule has 0 amide bonds. The van der Waals surface area contributed by atoms with E-state index in [1.54, 1.807) is 0 Å². The van der Waals surface area contributed by atoms with Crippen LogP contribution in [0.15, 0.2) is 11.6 Å². The molecule has 9 heavy (non-hydrogen) atoms. The topological polar surface area (TPSA) is 18.5 Å². The molecule has 0 N–H and O–H groups in total. The molecule has 1 fully saturated rings. The lowest BCUT2D eigenvalue weighted by Gasteiger charge is -2.18. The number of rotatable bonds is 1. The smallest absolute Gasteiger partial charge is 0.179 e. The second-order valence-electron chi connectivity index (χ2n) is 2.39. The molecule has 50 valence electrons. The van der Waals surface area contributed by atoms with Gasteiger partial charge in [0.2, 0.25) is 0 Å². The van der Waals surface area contributed by atoms with Crippen LogP contribution in [0.5, 0.6) is 0 Å². The van der Waals surface area contributed by atoms with Gasteiger partial charge >= 0.3 is 0 Å². The van der Waals surface area contributed by atoms with Gasteiger partial charge in [0.1, 0.15) is 0 Å². The van der Waals surface area contributed by atoms with Crippen LogP contribution in [0.25, 0.3) is 0 Å². The van der Waals surface area contributed by atoms with Crippen LogP contribution < -0.4 is 0 Å². The molecule has 0 aromatic rings. The van der Waals surface area contributed by atoms with Crippen LogP contribution in [0.4, 0.5) is 0 Å². The highest BCUT2D eigenvalue weighted by Crippen LogP contribution is 2.26. The third-order valence-corrected chi connectivity index (χ3v) is 1.76. The van der Waals surface area contributed by atoms with E-state index in [0.29, 0.717) is 0 Å². The van der Waals surface area contributed by atoms with Gasteiger partial charge in [-0.05, 0) is 18.4 Å². The molecular weight excluding hydrogens is 116 g/mol. The molecule has 1 aliphatic carbocycles. The van der Waals surface area contributed by atoms with Crippen LogP contribution in [0.1, 0.15) is 12.8 Å². The van der Waals surface area contributed by atoms with Crippen molar-refractivity contribution < 1.29 is 9.47 Å². The highest BCUT2D eigenvalue weighted by Gasteiger charge is 2.23. The predicted molar refractivity (Wildman–Crippen MR) is 33.0 cm³/mol. The summed E-state index contributed by atoms with van der Waals surface area (Å²) in [5, 5.41) is 0. The SMILES string of the molecule is C1=C(C2OCCO2)CC1. The Morgan fingerprint density at radius 1 is 1.33 bits per heavy atom. The van der Waals surface area contributed by atoms with Gasteiger partial charge in [-0.2, -0.15) is 0 Å². The van der Waals surface area contributed by atoms with Crippen molar-refractivity contribution in [3.63, 3.8) is 0 Å². The van der Waals surface area contributed by atoms with Crippen molar-refractivity contribution in [1.29, 1.82) is 0 Å². The summed E-state index contributed by atoms with van der Waals surface area (Å²) in [4.78, 5) is 0. The van der Waals surface area contributed by atoms with Gasteiger partial charge in [0, 0.05) is 0 Å². The molecule has 2 rings (SSSR count). The number of hydrogen-bond donors (Lipinski definition) is 0. The normalized spacial score (nSPS) is 27.8. The molecule has 1 aliphatic heterocycles. The fourth-order valence-electron chi connectivity index (χ4n) is 1.10. The lowest BCUT2D eigenvalue weighted by atomic mass is 9.99. The van der Waals surface area contributed by atoms with E-state index in [-0.39, 0.29) is 6.29 Å². The molecule has 2 nitrogen and oxygen atoms in total. The summed E-state index contributed by atoms with van der Waals surface area (Å²) in [6.07, 6.45) is 4.60. The Hall–Kier alpha value is -0.340. The number of allylic oxidation sites excluding steroid dienone is 1. The van der Waals surface area contributed by atoms with Crippen molar-refractivity contribution in [2.75, 3.05) is 13.2 Å². The van der Waals surface area contributed by atoms with Crippen molar-refractivity contribution in [3.05, 3.63) is 11.6 Å². The van der Waals surface area contributed by atoms with Crippen LogP contribution in [0.3, 0.4) is 0 Å². The van der Waals surface area contributed by atoms with Gasteiger partial charge in [0.05, 0.1) is 13.2 Å². The molecular formula is C7H10O2. The quantitative estimate of drug-likeness (QED) is 0.489. The van der Waals surface area contributed by atoms with E-state index in [9.17, 15) is 0 Å². The minimum Gasteiger partial charge on any atom is -0.346 e. The molecule has 2 heteroatoms. The maximum absolute atomic E-state index is 5.27. The Morgan fingerprint density at radius 3 is 2.44 bits per heavy atom. The molecule has 0 aromatic heterocycles. The fourth-order valence-corrected chi connectivity index (χ4v) is 1.10. The zero-order chi connectivity index (χ0) is 6.10. The highest BCUT2D eigenvalue weighted by molar-refractivity contribution is 5.15. The number of ether oxygens (including phenoxy) is 2. The first-order chi connectivity index (χ1) is 4.47. The molecule has 0 saturated carbocycles. The molecule has 0 spiro atoms. The summed E-state index contributed by atoms with van der Waals surface area (Å²) >= 11 is 0. The summed E-state index contributed by atoms with van der Waals surface area (Å²) in [7, 11) is 0. The van der Waals surface area contributed by atoms with Gasteiger partial charge < -0.3 is 9.47 Å². The van der Waals surface area contributed by atoms with Crippen molar-refractivity contribution in [2.24, 2.45) is 0 Å². The third kappa shape index (κ3) is 0.884. The molecule has 1 saturated heterocycles. The van der Waals surface area contributed by atoms with Crippen molar-refractivity contribution in [1.82, 2.24) is 0 Å². The van der Waals surface area contributed by atoms with Crippen LogP contribution in [0.2, 0.25) is 0 Å². The zero-order valence-electron chi connectivity index (χ0n) is 5.30. The Balaban J connectivity index is 1.96.